The Bertz CT molecular complexity index is 810. The van der Waals surface area contributed by atoms with E-state index >= 15 is 0 Å². The molecule has 0 fully saturated rings. The Kier molecular flexibility index (Phi) is 5.72. The van der Waals surface area contributed by atoms with Gasteiger partial charge < -0.3 is 8.77 Å². The molecule has 1 aromatic heterocycles. The third-order valence-electron chi connectivity index (χ3n) is 3.19. The van der Waals surface area contributed by atoms with Crippen LogP contribution in [0.4, 0.5) is 4.39 Å². The number of aromatic nitrogens is 1. The molecular weight excluding hydrogens is 472 g/mol. The fraction of sp³-hybridized carbons (Fsp3) is 0.0588. The van der Waals surface area contributed by atoms with Crippen molar-refractivity contribution in [3.63, 3.8) is 0 Å². The predicted octanol–water partition coefficient (Wildman–Crippen LogP) is 3.55. The second kappa shape index (κ2) is 7.35. The van der Waals surface area contributed by atoms with Gasteiger partial charge in [-0.3, -0.25) is 0 Å². The van der Waals surface area contributed by atoms with Crippen LogP contribution in [0.5, 0.6) is 5.75 Å². The van der Waals surface area contributed by atoms with Crippen LogP contribution in [-0.4, -0.2) is 21.6 Å². The van der Waals surface area contributed by atoms with E-state index in [0.717, 1.165) is 16.5 Å². The van der Waals surface area contributed by atoms with Gasteiger partial charge in [0.25, 0.3) is 0 Å². The molecule has 0 N–H and O–H groups in total. The van der Waals surface area contributed by atoms with Crippen molar-refractivity contribution < 1.29 is 28.3 Å². The Balaban J connectivity index is 0.00000176. The van der Waals surface area contributed by atoms with Crippen molar-refractivity contribution in [2.75, 3.05) is 0 Å². The Morgan fingerprint density at radius 2 is 2.00 bits per heavy atom. The summed E-state index contributed by atoms with van der Waals surface area (Å²) in [5.74, 6) is -0.0933. The molecule has 3 aromatic rings. The maximum atomic E-state index is 13.7. The van der Waals surface area contributed by atoms with E-state index in [1.807, 2.05) is 30.3 Å². The molecule has 1 heterocycles. The van der Waals surface area contributed by atoms with E-state index in [4.69, 9.17) is 10.7 Å². The van der Waals surface area contributed by atoms with Gasteiger partial charge in [0.2, 0.25) is 0 Å². The van der Waals surface area contributed by atoms with E-state index in [9.17, 15) is 4.39 Å². The maximum Gasteiger partial charge on any atom is 0.480 e. The summed E-state index contributed by atoms with van der Waals surface area (Å²) < 4.78 is 18.7. The summed E-state index contributed by atoms with van der Waals surface area (Å²) in [7, 11) is 0. The molecule has 0 aliphatic carbocycles. The minimum absolute atomic E-state index is 0. The first-order valence-corrected chi connectivity index (χ1v) is 6.87. The molecule has 0 atom stereocenters. The fourth-order valence-corrected chi connectivity index (χ4v) is 2.39. The van der Waals surface area contributed by atoms with Crippen LogP contribution in [0.1, 0.15) is 5.69 Å². The number of hydrogen-bond donors (Lipinski definition) is 0. The number of halogens is 1. The molecule has 0 unspecified atom stereocenters. The molecule has 0 spiro atoms. The van der Waals surface area contributed by atoms with Gasteiger partial charge >= 0.3 is 16.6 Å². The molecule has 0 aliphatic rings. The van der Waals surface area contributed by atoms with Crippen molar-refractivity contribution in [3.8, 4) is 17.0 Å². The molecule has 2 nitrogen and oxygen atoms in total. The minimum atomic E-state index is -0.398. The number of rotatable bonds is 3. The van der Waals surface area contributed by atoms with Gasteiger partial charge in [-0.05, 0) is 41.6 Å². The summed E-state index contributed by atoms with van der Waals surface area (Å²) in [5, 5.41) is 1.93. The number of benzene rings is 2. The SMILES string of the molecule is [CH]Cc1cc2ccccc2c(-c2[c-]c([O][Al])cc(F)c2)n1.[Ir]. The van der Waals surface area contributed by atoms with Crippen molar-refractivity contribution in [3.05, 3.63) is 67.0 Å². The van der Waals surface area contributed by atoms with Gasteiger partial charge in [0.15, 0.2) is 0 Å². The Hall–Kier alpha value is -1.24. The normalized spacial score (nSPS) is 10.3. The van der Waals surface area contributed by atoms with Gasteiger partial charge in [-0.15, -0.1) is 17.7 Å². The van der Waals surface area contributed by atoms with E-state index in [1.165, 1.54) is 12.1 Å². The maximum absolute atomic E-state index is 13.7. The fourth-order valence-electron chi connectivity index (χ4n) is 2.26. The first-order chi connectivity index (χ1) is 10.2. The molecule has 0 amide bonds. The quantitative estimate of drug-likeness (QED) is 0.421. The Morgan fingerprint density at radius 3 is 2.73 bits per heavy atom. The third kappa shape index (κ3) is 3.39. The van der Waals surface area contributed by atoms with E-state index in [1.54, 1.807) is 0 Å². The Labute approximate surface area is 150 Å². The summed E-state index contributed by atoms with van der Waals surface area (Å²) in [6, 6.07) is 15.4. The van der Waals surface area contributed by atoms with Crippen molar-refractivity contribution in [2.45, 2.75) is 6.42 Å². The van der Waals surface area contributed by atoms with Crippen LogP contribution < -0.4 is 3.79 Å². The summed E-state index contributed by atoms with van der Waals surface area (Å²) >= 11 is 2.09. The van der Waals surface area contributed by atoms with Crippen LogP contribution in [0, 0.1) is 18.8 Å². The van der Waals surface area contributed by atoms with Gasteiger partial charge in [-0.1, -0.05) is 30.3 Å². The standard InChI is InChI=1S/C17H11FNO.Al.Ir/c1-2-14-8-11-5-3-4-6-16(11)17(19-14)12-7-13(18)10-15(20)9-12;;/h1,3-8,10,20H,2H2;;/q-1;+1;/p-1. The van der Waals surface area contributed by atoms with Crippen molar-refractivity contribution in [1.82, 2.24) is 4.98 Å². The van der Waals surface area contributed by atoms with Crippen LogP contribution in [0.3, 0.4) is 0 Å². The summed E-state index contributed by atoms with van der Waals surface area (Å²) in [6.45, 7) is 5.70. The Morgan fingerprint density at radius 1 is 1.23 bits per heavy atom. The first kappa shape index (κ1) is 17.1. The largest absolute Gasteiger partial charge is 0.667 e. The molecule has 22 heavy (non-hydrogen) atoms. The summed E-state index contributed by atoms with van der Waals surface area (Å²) in [4.78, 5) is 4.52. The van der Waals surface area contributed by atoms with E-state index < -0.39 is 5.82 Å². The van der Waals surface area contributed by atoms with E-state index in [0.29, 0.717) is 23.4 Å². The molecule has 109 valence electrons. The van der Waals surface area contributed by atoms with Gasteiger partial charge in [0.05, 0.1) is 0 Å². The van der Waals surface area contributed by atoms with Gasteiger partial charge in [0, 0.05) is 31.6 Å². The van der Waals surface area contributed by atoms with Gasteiger partial charge in [-0.25, -0.2) is 4.39 Å². The second-order valence-electron chi connectivity index (χ2n) is 4.58. The molecule has 0 aliphatic heterocycles. The van der Waals surface area contributed by atoms with Crippen LogP contribution in [-0.2, 0) is 26.5 Å². The molecule has 0 saturated heterocycles. The zero-order chi connectivity index (χ0) is 14.8. The first-order valence-electron chi connectivity index (χ1n) is 6.40. The molecule has 5 radical (unpaired) electrons. The molecule has 0 bridgehead atoms. The number of fused-ring (bicyclic) bond motifs is 1. The van der Waals surface area contributed by atoms with Crippen LogP contribution in [0.25, 0.3) is 22.0 Å². The average molecular weight is 482 g/mol. The van der Waals surface area contributed by atoms with Gasteiger partial charge in [-0.2, -0.15) is 0 Å². The predicted molar refractivity (Wildman–Crippen MR) is 80.4 cm³/mol. The minimum Gasteiger partial charge on any atom is -0.667 e. The molecule has 3 rings (SSSR count). The van der Waals surface area contributed by atoms with Crippen molar-refractivity contribution >= 4 is 27.4 Å². The van der Waals surface area contributed by atoms with Crippen molar-refractivity contribution in [1.29, 1.82) is 0 Å². The van der Waals surface area contributed by atoms with Crippen LogP contribution in [0.2, 0.25) is 0 Å². The zero-order valence-corrected chi connectivity index (χ0v) is 15.0. The molecular formula is C17H10AlFIrNO-. The van der Waals surface area contributed by atoms with Crippen molar-refractivity contribution in [2.24, 2.45) is 0 Å². The number of nitrogens with zero attached hydrogens (tertiary/aromatic N) is 1. The topological polar surface area (TPSA) is 22.1 Å². The van der Waals surface area contributed by atoms with Crippen LogP contribution >= 0.6 is 0 Å². The monoisotopic (exact) mass is 483 g/mol. The summed E-state index contributed by atoms with van der Waals surface area (Å²) in [5.41, 5.74) is 1.94. The number of pyridine rings is 1. The zero-order valence-electron chi connectivity index (χ0n) is 11.5. The van der Waals surface area contributed by atoms with Crippen LogP contribution in [0.15, 0.2) is 42.5 Å². The van der Waals surface area contributed by atoms with Gasteiger partial charge in [0.1, 0.15) is 0 Å². The average Bonchev–Trinajstić information content (AvgIpc) is 2.53. The molecule has 0 saturated carbocycles. The number of hydrogen-bond acceptors (Lipinski definition) is 2. The third-order valence-corrected chi connectivity index (χ3v) is 3.45. The second-order valence-corrected chi connectivity index (χ2v) is 4.82. The van der Waals surface area contributed by atoms with E-state index in [-0.39, 0.29) is 20.1 Å². The molecule has 2 aromatic carbocycles. The smallest absolute Gasteiger partial charge is 0.480 e. The molecule has 5 heteroatoms. The summed E-state index contributed by atoms with van der Waals surface area (Å²) in [6.07, 6.45) is 0.320. The van der Waals surface area contributed by atoms with E-state index in [2.05, 4.69) is 27.7 Å².